The van der Waals surface area contributed by atoms with Gasteiger partial charge in [-0.25, -0.2) is 9.69 Å². The SMILES string of the molecule is O=C(C(=O)N(C(=O)O)c1ccc2ncccc2c1)c1cn(Cc2ccc(Cl)cc2)c2ccccc12. The zero-order valence-electron chi connectivity index (χ0n) is 18.3. The largest absolute Gasteiger partial charge is 0.464 e. The van der Waals surface area contributed by atoms with Gasteiger partial charge in [-0.15, -0.1) is 0 Å². The molecular formula is C27H18ClN3O4. The maximum absolute atomic E-state index is 13.4. The molecule has 172 valence electrons. The normalized spacial score (nSPS) is 11.0. The average molecular weight is 484 g/mol. The minimum Gasteiger partial charge on any atom is -0.464 e. The second-order valence-electron chi connectivity index (χ2n) is 7.95. The summed E-state index contributed by atoms with van der Waals surface area (Å²) in [6.45, 7) is 0.444. The number of nitrogens with zero attached hydrogens (tertiary/aromatic N) is 3. The number of aromatic nitrogens is 2. The summed E-state index contributed by atoms with van der Waals surface area (Å²) >= 11 is 5.98. The first-order chi connectivity index (χ1) is 16.9. The predicted molar refractivity (Wildman–Crippen MR) is 134 cm³/mol. The van der Waals surface area contributed by atoms with Crippen LogP contribution in [0.15, 0.2) is 91.3 Å². The first-order valence-corrected chi connectivity index (χ1v) is 11.1. The summed E-state index contributed by atoms with van der Waals surface area (Å²) in [5, 5.41) is 11.7. The Hall–Kier alpha value is -4.49. The van der Waals surface area contributed by atoms with Crippen LogP contribution < -0.4 is 4.90 Å². The minimum atomic E-state index is -1.54. The second-order valence-corrected chi connectivity index (χ2v) is 8.38. The van der Waals surface area contributed by atoms with E-state index in [1.165, 1.54) is 12.1 Å². The first-order valence-electron chi connectivity index (χ1n) is 10.7. The van der Waals surface area contributed by atoms with Crippen molar-refractivity contribution in [3.05, 3.63) is 107 Å². The molecule has 0 fully saturated rings. The Morgan fingerprint density at radius 2 is 1.71 bits per heavy atom. The fourth-order valence-corrected chi connectivity index (χ4v) is 4.20. The van der Waals surface area contributed by atoms with Gasteiger partial charge in [0.05, 0.1) is 16.8 Å². The summed E-state index contributed by atoms with van der Waals surface area (Å²) in [5.74, 6) is -2.07. The number of ketones is 1. The van der Waals surface area contributed by atoms with E-state index in [4.69, 9.17) is 11.6 Å². The summed E-state index contributed by atoms with van der Waals surface area (Å²) in [6, 6.07) is 22.5. The molecule has 0 aliphatic rings. The van der Waals surface area contributed by atoms with E-state index >= 15 is 0 Å². The lowest BCUT2D eigenvalue weighted by molar-refractivity contribution is -0.114. The van der Waals surface area contributed by atoms with Crippen LogP contribution in [0.2, 0.25) is 5.02 Å². The molecule has 2 heterocycles. The van der Waals surface area contributed by atoms with Gasteiger partial charge in [-0.3, -0.25) is 14.6 Å². The van der Waals surface area contributed by atoms with E-state index in [0.717, 1.165) is 11.1 Å². The summed E-state index contributed by atoms with van der Waals surface area (Å²) < 4.78 is 1.85. The Kier molecular flexibility index (Phi) is 5.76. The molecule has 35 heavy (non-hydrogen) atoms. The smallest absolute Gasteiger partial charge is 0.419 e. The van der Waals surface area contributed by atoms with Crippen LogP contribution in [0.25, 0.3) is 21.8 Å². The Bertz CT molecular complexity index is 1610. The van der Waals surface area contributed by atoms with E-state index in [9.17, 15) is 19.5 Å². The predicted octanol–water partition coefficient (Wildman–Crippen LogP) is 5.79. The Balaban J connectivity index is 1.53. The number of anilines is 1. The fourth-order valence-electron chi connectivity index (χ4n) is 4.08. The molecule has 0 saturated carbocycles. The van der Waals surface area contributed by atoms with Crippen LogP contribution in [0.1, 0.15) is 15.9 Å². The molecule has 0 spiro atoms. The van der Waals surface area contributed by atoms with E-state index in [0.29, 0.717) is 32.8 Å². The van der Waals surface area contributed by atoms with Gasteiger partial charge < -0.3 is 9.67 Å². The second kappa shape index (κ2) is 9.04. The third kappa shape index (κ3) is 4.25. The molecule has 0 aliphatic heterocycles. The van der Waals surface area contributed by atoms with Crippen LogP contribution in [0.5, 0.6) is 0 Å². The lowest BCUT2D eigenvalue weighted by Crippen LogP contribution is -2.40. The van der Waals surface area contributed by atoms with Gasteiger partial charge in [-0.05, 0) is 48.0 Å². The van der Waals surface area contributed by atoms with Crippen LogP contribution in [0.4, 0.5) is 10.5 Å². The van der Waals surface area contributed by atoms with Crippen LogP contribution in [0.3, 0.4) is 0 Å². The molecule has 1 N–H and O–H groups in total. The third-order valence-corrected chi connectivity index (χ3v) is 5.98. The average Bonchev–Trinajstić information content (AvgIpc) is 3.23. The molecule has 0 aliphatic carbocycles. The maximum Gasteiger partial charge on any atom is 0.419 e. The standard InChI is InChI=1S/C27H18ClN3O4/c28-19-9-7-17(8-10-19)15-30-16-22(21-5-1-2-6-24(21)30)25(32)26(33)31(27(34)35)20-11-12-23-18(14-20)4-3-13-29-23/h1-14,16H,15H2,(H,34,35). The first kappa shape index (κ1) is 22.3. The van der Waals surface area contributed by atoms with Gasteiger partial charge >= 0.3 is 12.0 Å². The zero-order valence-corrected chi connectivity index (χ0v) is 19.0. The van der Waals surface area contributed by atoms with Crippen molar-refractivity contribution in [1.29, 1.82) is 0 Å². The molecule has 2 aromatic heterocycles. The van der Waals surface area contributed by atoms with E-state index in [1.807, 2.05) is 28.8 Å². The lowest BCUT2D eigenvalue weighted by atomic mass is 10.1. The highest BCUT2D eigenvalue weighted by atomic mass is 35.5. The molecule has 5 aromatic rings. The van der Waals surface area contributed by atoms with Crippen molar-refractivity contribution in [2.45, 2.75) is 6.54 Å². The van der Waals surface area contributed by atoms with E-state index in [1.54, 1.807) is 54.9 Å². The number of hydrogen-bond acceptors (Lipinski definition) is 4. The lowest BCUT2D eigenvalue weighted by Gasteiger charge is -2.17. The quantitative estimate of drug-likeness (QED) is 0.252. The monoisotopic (exact) mass is 483 g/mol. The molecule has 8 heteroatoms. The van der Waals surface area contributed by atoms with E-state index < -0.39 is 17.8 Å². The Labute approximate surface area is 204 Å². The number of carbonyl (C=O) groups excluding carboxylic acids is 2. The highest BCUT2D eigenvalue weighted by molar-refractivity contribution is 6.52. The van der Waals surface area contributed by atoms with Gasteiger partial charge in [-0.2, -0.15) is 0 Å². The van der Waals surface area contributed by atoms with Gasteiger partial charge in [0.15, 0.2) is 0 Å². The van der Waals surface area contributed by atoms with Gasteiger partial charge in [0.1, 0.15) is 0 Å². The summed E-state index contributed by atoms with van der Waals surface area (Å²) in [6.07, 6.45) is 1.66. The number of amides is 2. The van der Waals surface area contributed by atoms with Crippen LogP contribution in [-0.2, 0) is 11.3 Å². The zero-order chi connectivity index (χ0) is 24.5. The molecule has 0 unspecified atom stereocenters. The number of Topliss-reactive ketones (excluding diaryl/α,β-unsaturated/α-hetero) is 1. The number of imide groups is 1. The summed E-state index contributed by atoms with van der Waals surface area (Å²) in [4.78, 5) is 43.3. The molecule has 7 nitrogen and oxygen atoms in total. The number of carboxylic acid groups (broad SMARTS) is 1. The number of pyridine rings is 1. The number of halogens is 1. The van der Waals surface area contributed by atoms with Crippen molar-refractivity contribution in [3.63, 3.8) is 0 Å². The molecular weight excluding hydrogens is 466 g/mol. The number of hydrogen-bond donors (Lipinski definition) is 1. The summed E-state index contributed by atoms with van der Waals surface area (Å²) in [7, 11) is 0. The third-order valence-electron chi connectivity index (χ3n) is 5.73. The van der Waals surface area contributed by atoms with Crippen molar-refractivity contribution in [2.24, 2.45) is 0 Å². The highest BCUT2D eigenvalue weighted by Gasteiger charge is 2.31. The number of benzene rings is 3. The van der Waals surface area contributed by atoms with Gasteiger partial charge in [0.2, 0.25) is 0 Å². The van der Waals surface area contributed by atoms with Crippen molar-refractivity contribution in [2.75, 3.05) is 4.90 Å². The Morgan fingerprint density at radius 1 is 0.943 bits per heavy atom. The van der Waals surface area contributed by atoms with Crippen molar-refractivity contribution in [1.82, 2.24) is 9.55 Å². The molecule has 0 saturated heterocycles. The Morgan fingerprint density at radius 3 is 2.49 bits per heavy atom. The molecule has 0 radical (unpaired) electrons. The van der Waals surface area contributed by atoms with Crippen LogP contribution in [0, 0.1) is 0 Å². The number of para-hydroxylation sites is 1. The van der Waals surface area contributed by atoms with Crippen molar-refractivity contribution >= 4 is 56.9 Å². The van der Waals surface area contributed by atoms with Crippen molar-refractivity contribution < 1.29 is 19.5 Å². The molecule has 3 aromatic carbocycles. The number of fused-ring (bicyclic) bond motifs is 2. The maximum atomic E-state index is 13.4. The molecule has 2 amide bonds. The number of rotatable bonds is 5. The van der Waals surface area contributed by atoms with Gasteiger partial charge in [0.25, 0.3) is 5.78 Å². The molecule has 0 bridgehead atoms. The minimum absolute atomic E-state index is 0.0706. The topological polar surface area (TPSA) is 92.5 Å². The summed E-state index contributed by atoms with van der Waals surface area (Å²) in [5.41, 5.74) is 2.55. The molecule has 5 rings (SSSR count). The number of carbonyl (C=O) groups is 3. The fraction of sp³-hybridized carbons (Fsp3) is 0.0370. The van der Waals surface area contributed by atoms with Crippen molar-refractivity contribution in [3.8, 4) is 0 Å². The van der Waals surface area contributed by atoms with Gasteiger partial charge in [0, 0.05) is 40.3 Å². The van der Waals surface area contributed by atoms with E-state index in [-0.39, 0.29) is 11.3 Å². The highest BCUT2D eigenvalue weighted by Crippen LogP contribution is 2.26. The van der Waals surface area contributed by atoms with E-state index in [2.05, 4.69) is 4.98 Å². The molecule has 0 atom stereocenters. The van der Waals surface area contributed by atoms with Gasteiger partial charge in [-0.1, -0.05) is 48.0 Å². The van der Waals surface area contributed by atoms with Crippen LogP contribution in [-0.4, -0.2) is 32.4 Å². The van der Waals surface area contributed by atoms with Crippen LogP contribution >= 0.6 is 11.6 Å².